The normalized spacial score (nSPS) is 12.2. The summed E-state index contributed by atoms with van der Waals surface area (Å²) < 4.78 is 2.06. The molecule has 76 valence electrons. The molecule has 4 heteroatoms. The second-order valence-corrected chi connectivity index (χ2v) is 3.08. The first-order chi connectivity index (χ1) is 5.75. The average molecular weight is 204 g/mol. The zero-order chi connectivity index (χ0) is 8.97. The summed E-state index contributed by atoms with van der Waals surface area (Å²) in [5.41, 5.74) is 12.5. The van der Waals surface area contributed by atoms with Crippen LogP contribution in [0.3, 0.4) is 0 Å². The van der Waals surface area contributed by atoms with E-state index >= 15 is 0 Å². The van der Waals surface area contributed by atoms with Crippen LogP contribution in [-0.2, 0) is 7.05 Å². The summed E-state index contributed by atoms with van der Waals surface area (Å²) in [6, 6.07) is 4.20. The van der Waals surface area contributed by atoms with Gasteiger partial charge < -0.3 is 16.0 Å². The van der Waals surface area contributed by atoms with Gasteiger partial charge >= 0.3 is 0 Å². The molecular formula is C9H18ClN3. The van der Waals surface area contributed by atoms with Crippen LogP contribution in [0.4, 0.5) is 0 Å². The molecule has 0 fully saturated rings. The molecule has 0 aliphatic rings. The van der Waals surface area contributed by atoms with Gasteiger partial charge in [0.15, 0.2) is 0 Å². The molecule has 3 nitrogen and oxygen atoms in total. The van der Waals surface area contributed by atoms with Gasteiger partial charge in [-0.15, -0.1) is 12.4 Å². The number of halogens is 1. The zero-order valence-corrected chi connectivity index (χ0v) is 8.76. The van der Waals surface area contributed by atoms with Crippen LogP contribution in [0.2, 0.25) is 0 Å². The fourth-order valence-electron chi connectivity index (χ4n) is 1.35. The molecule has 1 rings (SSSR count). The minimum Gasteiger partial charge on any atom is -0.353 e. The Hall–Kier alpha value is -0.510. The molecule has 0 aliphatic carbocycles. The van der Waals surface area contributed by atoms with Gasteiger partial charge in [0.2, 0.25) is 0 Å². The van der Waals surface area contributed by atoms with Gasteiger partial charge in [-0.3, -0.25) is 0 Å². The van der Waals surface area contributed by atoms with E-state index in [0.29, 0.717) is 0 Å². The SMILES string of the molecule is Cl.Cn1cccc1[C@@H](N)CCCN. The van der Waals surface area contributed by atoms with Crippen LogP contribution in [0.5, 0.6) is 0 Å². The Kier molecular flexibility index (Phi) is 5.79. The number of rotatable bonds is 4. The lowest BCUT2D eigenvalue weighted by atomic mass is 10.1. The first-order valence-corrected chi connectivity index (χ1v) is 4.32. The lowest BCUT2D eigenvalue weighted by Crippen LogP contribution is -2.15. The second-order valence-electron chi connectivity index (χ2n) is 3.08. The smallest absolute Gasteiger partial charge is 0.0450 e. The highest BCUT2D eigenvalue weighted by Crippen LogP contribution is 2.14. The number of hydrogen-bond acceptors (Lipinski definition) is 2. The van der Waals surface area contributed by atoms with Crippen LogP contribution >= 0.6 is 12.4 Å². The van der Waals surface area contributed by atoms with Gasteiger partial charge in [-0.05, 0) is 31.5 Å². The number of hydrogen-bond donors (Lipinski definition) is 2. The van der Waals surface area contributed by atoms with E-state index < -0.39 is 0 Å². The summed E-state index contributed by atoms with van der Waals surface area (Å²) in [5.74, 6) is 0. The molecule has 0 saturated heterocycles. The van der Waals surface area contributed by atoms with Crippen LogP contribution in [0.25, 0.3) is 0 Å². The van der Waals surface area contributed by atoms with Crippen molar-refractivity contribution in [3.8, 4) is 0 Å². The van der Waals surface area contributed by atoms with E-state index in [0.717, 1.165) is 19.4 Å². The Bertz CT molecular complexity index is 235. The van der Waals surface area contributed by atoms with E-state index in [1.54, 1.807) is 0 Å². The molecule has 0 bridgehead atoms. The number of nitrogens with zero attached hydrogens (tertiary/aromatic N) is 1. The van der Waals surface area contributed by atoms with Crippen molar-refractivity contribution in [3.63, 3.8) is 0 Å². The van der Waals surface area contributed by atoms with Crippen LogP contribution in [0.15, 0.2) is 18.3 Å². The summed E-state index contributed by atoms with van der Waals surface area (Å²) in [6.07, 6.45) is 3.97. The molecule has 1 atom stereocenters. The fourth-order valence-corrected chi connectivity index (χ4v) is 1.35. The number of aromatic nitrogens is 1. The molecule has 0 saturated carbocycles. The van der Waals surface area contributed by atoms with Gasteiger partial charge in [0.05, 0.1) is 0 Å². The molecule has 1 heterocycles. The topological polar surface area (TPSA) is 57.0 Å². The van der Waals surface area contributed by atoms with Gasteiger partial charge in [-0.2, -0.15) is 0 Å². The number of aryl methyl sites for hydroxylation is 1. The number of nitrogens with two attached hydrogens (primary N) is 2. The van der Waals surface area contributed by atoms with Crippen molar-refractivity contribution in [1.82, 2.24) is 4.57 Å². The third-order valence-corrected chi connectivity index (χ3v) is 2.08. The van der Waals surface area contributed by atoms with Crippen molar-refractivity contribution in [2.45, 2.75) is 18.9 Å². The predicted octanol–water partition coefficient (Wildman–Crippen LogP) is 1.19. The van der Waals surface area contributed by atoms with E-state index in [1.165, 1.54) is 5.69 Å². The van der Waals surface area contributed by atoms with Crippen LogP contribution in [-0.4, -0.2) is 11.1 Å². The summed E-state index contributed by atoms with van der Waals surface area (Å²) >= 11 is 0. The van der Waals surface area contributed by atoms with E-state index in [-0.39, 0.29) is 18.4 Å². The maximum atomic E-state index is 5.95. The van der Waals surface area contributed by atoms with Gasteiger partial charge in [0, 0.05) is 25.0 Å². The van der Waals surface area contributed by atoms with Crippen molar-refractivity contribution < 1.29 is 0 Å². The molecule has 1 aromatic heterocycles. The van der Waals surface area contributed by atoms with Gasteiger partial charge in [0.1, 0.15) is 0 Å². The van der Waals surface area contributed by atoms with Gasteiger partial charge in [0.25, 0.3) is 0 Å². The van der Waals surface area contributed by atoms with E-state index in [4.69, 9.17) is 11.5 Å². The van der Waals surface area contributed by atoms with Gasteiger partial charge in [-0.1, -0.05) is 0 Å². The Balaban J connectivity index is 0.00000144. The van der Waals surface area contributed by atoms with Crippen molar-refractivity contribution >= 4 is 12.4 Å². The molecule has 0 unspecified atom stereocenters. The third-order valence-electron chi connectivity index (χ3n) is 2.08. The average Bonchev–Trinajstić information content (AvgIpc) is 2.47. The molecule has 0 aliphatic heterocycles. The lowest BCUT2D eigenvalue weighted by molar-refractivity contribution is 0.583. The minimum absolute atomic E-state index is 0. The summed E-state index contributed by atoms with van der Waals surface area (Å²) in [6.45, 7) is 0.720. The summed E-state index contributed by atoms with van der Waals surface area (Å²) in [5, 5.41) is 0. The minimum atomic E-state index is 0. The monoisotopic (exact) mass is 203 g/mol. The molecule has 0 radical (unpaired) electrons. The molecule has 1 aromatic rings. The van der Waals surface area contributed by atoms with E-state index in [1.807, 2.05) is 19.3 Å². The van der Waals surface area contributed by atoms with Crippen molar-refractivity contribution in [1.29, 1.82) is 0 Å². The van der Waals surface area contributed by atoms with Crippen LogP contribution in [0.1, 0.15) is 24.6 Å². The Morgan fingerprint density at radius 3 is 2.69 bits per heavy atom. The third kappa shape index (κ3) is 3.38. The fraction of sp³-hybridized carbons (Fsp3) is 0.556. The van der Waals surface area contributed by atoms with Crippen molar-refractivity contribution in [2.75, 3.05) is 6.54 Å². The highest BCUT2D eigenvalue weighted by atomic mass is 35.5. The first kappa shape index (κ1) is 12.5. The highest BCUT2D eigenvalue weighted by Gasteiger charge is 2.07. The Morgan fingerprint density at radius 1 is 1.54 bits per heavy atom. The van der Waals surface area contributed by atoms with Crippen molar-refractivity contribution in [3.05, 3.63) is 24.0 Å². The van der Waals surface area contributed by atoms with Crippen LogP contribution < -0.4 is 11.5 Å². The maximum Gasteiger partial charge on any atom is 0.0450 e. The second kappa shape index (κ2) is 6.02. The van der Waals surface area contributed by atoms with Crippen molar-refractivity contribution in [2.24, 2.45) is 18.5 Å². The van der Waals surface area contributed by atoms with Crippen LogP contribution in [0, 0.1) is 0 Å². The molecule has 0 spiro atoms. The quantitative estimate of drug-likeness (QED) is 0.773. The maximum absolute atomic E-state index is 5.95. The first-order valence-electron chi connectivity index (χ1n) is 4.32. The van der Waals surface area contributed by atoms with E-state index in [2.05, 4.69) is 10.6 Å². The molecule has 0 amide bonds. The molecule has 13 heavy (non-hydrogen) atoms. The van der Waals surface area contributed by atoms with E-state index in [9.17, 15) is 0 Å². The lowest BCUT2D eigenvalue weighted by Gasteiger charge is -2.11. The standard InChI is InChI=1S/C9H17N3.ClH/c1-12-7-3-5-9(12)8(11)4-2-6-10;/h3,5,7-8H,2,4,6,10-11H2,1H3;1H/t8-;/m0./s1. The molecular weight excluding hydrogens is 186 g/mol. The predicted molar refractivity (Wildman–Crippen MR) is 57.9 cm³/mol. The molecule has 4 N–H and O–H groups in total. The largest absolute Gasteiger partial charge is 0.353 e. The summed E-state index contributed by atoms with van der Waals surface area (Å²) in [7, 11) is 2.01. The zero-order valence-electron chi connectivity index (χ0n) is 7.94. The van der Waals surface area contributed by atoms with Gasteiger partial charge in [-0.25, -0.2) is 0 Å². The highest BCUT2D eigenvalue weighted by molar-refractivity contribution is 5.85. The molecule has 0 aromatic carbocycles. The summed E-state index contributed by atoms with van der Waals surface area (Å²) in [4.78, 5) is 0. The Morgan fingerprint density at radius 2 is 2.23 bits per heavy atom. The Labute approximate surface area is 85.5 Å².